The smallest absolute Gasteiger partial charge is 0.320 e. The Labute approximate surface area is 215 Å². The highest BCUT2D eigenvalue weighted by Gasteiger charge is 2.35. The van der Waals surface area contributed by atoms with Crippen LogP contribution in [0.4, 0.5) is 20.7 Å². The number of ether oxygens (including phenoxy) is 1. The molecule has 8 heteroatoms. The Morgan fingerprint density at radius 3 is 2.32 bits per heavy atom. The van der Waals surface area contributed by atoms with E-state index in [-0.39, 0.29) is 23.8 Å². The summed E-state index contributed by atoms with van der Waals surface area (Å²) in [5.41, 5.74) is 3.63. The number of urea groups is 1. The number of nitrogens with one attached hydrogen (secondary N) is 2. The lowest BCUT2D eigenvalue weighted by atomic mass is 9.94. The molecule has 5 rings (SSSR count). The zero-order chi connectivity index (χ0) is 25.8. The van der Waals surface area contributed by atoms with E-state index in [1.54, 1.807) is 16.8 Å². The maximum absolute atomic E-state index is 13.5. The summed E-state index contributed by atoms with van der Waals surface area (Å²) in [5, 5.41) is 10.8. The summed E-state index contributed by atoms with van der Waals surface area (Å²) in [6, 6.07) is 25.8. The molecule has 1 saturated heterocycles. The molecule has 1 aliphatic rings. The Morgan fingerprint density at radius 2 is 1.65 bits per heavy atom. The first-order valence-electron chi connectivity index (χ1n) is 12.4. The van der Waals surface area contributed by atoms with E-state index in [1.807, 2.05) is 62.4 Å². The monoisotopic (exact) mass is 499 g/mol. The van der Waals surface area contributed by atoms with E-state index < -0.39 is 0 Å². The highest BCUT2D eigenvalue weighted by atomic mass is 19.1. The van der Waals surface area contributed by atoms with Crippen LogP contribution in [0.5, 0.6) is 5.88 Å². The van der Waals surface area contributed by atoms with Crippen LogP contribution in [0.25, 0.3) is 5.69 Å². The Kier molecular flexibility index (Phi) is 7.07. The molecule has 0 radical (unpaired) electrons. The van der Waals surface area contributed by atoms with E-state index in [0.717, 1.165) is 22.5 Å². The standard InChI is InChI=1S/C29H30FN5O2/c1-3-37-28-20(2)27(35(33-28)24-12-8-5-9-13-24)32-29(36)31-26-19-34(23-16-14-22(30)15-17-23)18-25(26)21-10-6-4-7-11-21/h4-17,25-26H,3,18-19H2,1-2H3,(H2,31,32,36). The Bertz CT molecular complexity index is 1340. The van der Waals surface area contributed by atoms with E-state index >= 15 is 0 Å². The molecule has 0 aliphatic carbocycles. The van der Waals surface area contributed by atoms with Crippen molar-refractivity contribution in [1.29, 1.82) is 0 Å². The highest BCUT2D eigenvalue weighted by molar-refractivity contribution is 5.90. The van der Waals surface area contributed by atoms with Crippen LogP contribution >= 0.6 is 0 Å². The second-order valence-electron chi connectivity index (χ2n) is 9.06. The first kappa shape index (κ1) is 24.4. The van der Waals surface area contributed by atoms with Gasteiger partial charge in [-0.05, 0) is 55.8 Å². The van der Waals surface area contributed by atoms with Crippen molar-refractivity contribution in [2.75, 3.05) is 29.9 Å². The maximum Gasteiger partial charge on any atom is 0.320 e. The van der Waals surface area contributed by atoms with Gasteiger partial charge in [-0.2, -0.15) is 0 Å². The lowest BCUT2D eigenvalue weighted by Gasteiger charge is -2.20. The maximum atomic E-state index is 13.5. The number of anilines is 2. The average Bonchev–Trinajstić information content (AvgIpc) is 3.47. The third-order valence-corrected chi connectivity index (χ3v) is 6.65. The number of halogens is 1. The van der Waals surface area contributed by atoms with Crippen LogP contribution < -0.4 is 20.3 Å². The highest BCUT2D eigenvalue weighted by Crippen LogP contribution is 2.32. The van der Waals surface area contributed by atoms with Crippen molar-refractivity contribution in [3.8, 4) is 11.6 Å². The summed E-state index contributed by atoms with van der Waals surface area (Å²) < 4.78 is 20.9. The van der Waals surface area contributed by atoms with E-state index in [1.165, 1.54) is 12.1 Å². The molecule has 3 aromatic carbocycles. The molecule has 1 aromatic heterocycles. The summed E-state index contributed by atoms with van der Waals surface area (Å²) in [6.45, 7) is 5.55. The van der Waals surface area contributed by atoms with Crippen molar-refractivity contribution in [2.24, 2.45) is 0 Å². The van der Waals surface area contributed by atoms with E-state index in [4.69, 9.17) is 4.74 Å². The van der Waals surface area contributed by atoms with E-state index in [0.29, 0.717) is 31.4 Å². The Morgan fingerprint density at radius 1 is 0.973 bits per heavy atom. The molecule has 2 N–H and O–H groups in total. The summed E-state index contributed by atoms with van der Waals surface area (Å²) in [7, 11) is 0. The van der Waals surface area contributed by atoms with Crippen LogP contribution in [0, 0.1) is 12.7 Å². The van der Waals surface area contributed by atoms with Gasteiger partial charge in [-0.25, -0.2) is 13.9 Å². The molecular formula is C29H30FN5O2. The second-order valence-corrected chi connectivity index (χ2v) is 9.06. The minimum atomic E-state index is -0.324. The number of nitrogens with zero attached hydrogens (tertiary/aromatic N) is 3. The van der Waals surface area contributed by atoms with Crippen molar-refractivity contribution in [1.82, 2.24) is 15.1 Å². The molecule has 37 heavy (non-hydrogen) atoms. The largest absolute Gasteiger partial charge is 0.477 e. The third kappa shape index (κ3) is 5.28. The number of para-hydroxylation sites is 1. The predicted molar refractivity (Wildman–Crippen MR) is 143 cm³/mol. The van der Waals surface area contributed by atoms with Crippen LogP contribution in [0.2, 0.25) is 0 Å². The zero-order valence-corrected chi connectivity index (χ0v) is 20.9. The summed E-state index contributed by atoms with van der Waals surface area (Å²) in [4.78, 5) is 15.5. The average molecular weight is 500 g/mol. The number of benzene rings is 3. The number of carbonyl (C=O) groups is 1. The minimum absolute atomic E-state index is 0.0659. The Balaban J connectivity index is 1.39. The van der Waals surface area contributed by atoms with Gasteiger partial charge in [-0.1, -0.05) is 48.5 Å². The van der Waals surface area contributed by atoms with E-state index in [9.17, 15) is 9.18 Å². The number of rotatable bonds is 7. The second kappa shape index (κ2) is 10.7. The number of carbonyl (C=O) groups excluding carboxylic acids is 1. The van der Waals surface area contributed by atoms with Crippen molar-refractivity contribution >= 4 is 17.5 Å². The van der Waals surface area contributed by atoms with Gasteiger partial charge in [-0.3, -0.25) is 5.32 Å². The number of hydrogen-bond acceptors (Lipinski definition) is 4. The fourth-order valence-electron chi connectivity index (χ4n) is 4.82. The quantitative estimate of drug-likeness (QED) is 0.352. The lowest BCUT2D eigenvalue weighted by Crippen LogP contribution is -2.42. The molecule has 1 aliphatic heterocycles. The zero-order valence-electron chi connectivity index (χ0n) is 20.9. The summed E-state index contributed by atoms with van der Waals surface area (Å²) in [6.07, 6.45) is 0. The summed E-state index contributed by atoms with van der Waals surface area (Å²) >= 11 is 0. The molecule has 0 saturated carbocycles. The van der Waals surface area contributed by atoms with Gasteiger partial charge < -0.3 is 15.0 Å². The van der Waals surface area contributed by atoms with Gasteiger partial charge in [0.2, 0.25) is 5.88 Å². The van der Waals surface area contributed by atoms with Crippen molar-refractivity contribution in [3.05, 3.63) is 102 Å². The molecule has 2 atom stereocenters. The molecule has 2 amide bonds. The molecule has 2 unspecified atom stereocenters. The third-order valence-electron chi connectivity index (χ3n) is 6.65. The first-order valence-corrected chi connectivity index (χ1v) is 12.4. The van der Waals surface area contributed by atoms with Gasteiger partial charge >= 0.3 is 6.03 Å². The lowest BCUT2D eigenvalue weighted by molar-refractivity contribution is 0.248. The molecule has 0 bridgehead atoms. The molecule has 2 heterocycles. The van der Waals surface area contributed by atoms with E-state index in [2.05, 4.69) is 32.8 Å². The normalized spacial score (nSPS) is 17.0. The van der Waals surface area contributed by atoms with Crippen molar-refractivity contribution in [3.63, 3.8) is 0 Å². The van der Waals surface area contributed by atoms with Gasteiger partial charge in [0.1, 0.15) is 11.6 Å². The topological polar surface area (TPSA) is 71.4 Å². The van der Waals surface area contributed by atoms with Gasteiger partial charge in [-0.15, -0.1) is 5.10 Å². The van der Waals surface area contributed by atoms with Crippen LogP contribution in [-0.4, -0.2) is 41.5 Å². The molecule has 190 valence electrons. The van der Waals surface area contributed by atoms with Crippen LogP contribution in [-0.2, 0) is 0 Å². The predicted octanol–water partition coefficient (Wildman–Crippen LogP) is 5.51. The molecule has 0 spiro atoms. The van der Waals surface area contributed by atoms with Crippen LogP contribution in [0.3, 0.4) is 0 Å². The van der Waals surface area contributed by atoms with Gasteiger partial charge in [0, 0.05) is 24.7 Å². The molecule has 1 fully saturated rings. The fraction of sp³-hybridized carbons (Fsp3) is 0.241. The van der Waals surface area contributed by atoms with Gasteiger partial charge in [0.25, 0.3) is 0 Å². The van der Waals surface area contributed by atoms with Crippen LogP contribution in [0.1, 0.15) is 24.0 Å². The number of amides is 2. The molecule has 7 nitrogen and oxygen atoms in total. The molecule has 4 aromatic rings. The fourth-order valence-corrected chi connectivity index (χ4v) is 4.82. The van der Waals surface area contributed by atoms with Crippen molar-refractivity contribution in [2.45, 2.75) is 25.8 Å². The number of hydrogen-bond donors (Lipinski definition) is 2. The minimum Gasteiger partial charge on any atom is -0.477 e. The van der Waals surface area contributed by atoms with Crippen LogP contribution in [0.15, 0.2) is 84.9 Å². The van der Waals surface area contributed by atoms with Gasteiger partial charge in [0.05, 0.1) is 23.9 Å². The SMILES string of the molecule is CCOc1nn(-c2ccccc2)c(NC(=O)NC2CN(c3ccc(F)cc3)CC2c2ccccc2)c1C. The first-order chi connectivity index (χ1) is 18.0. The number of aromatic nitrogens is 2. The Hall–Kier alpha value is -4.33. The van der Waals surface area contributed by atoms with Crippen molar-refractivity contribution < 1.29 is 13.9 Å². The summed E-state index contributed by atoms with van der Waals surface area (Å²) in [5.74, 6) is 0.827. The van der Waals surface area contributed by atoms with Gasteiger partial charge in [0.15, 0.2) is 0 Å². The molecular weight excluding hydrogens is 469 g/mol.